The Morgan fingerprint density at radius 3 is 2.67 bits per heavy atom. The van der Waals surface area contributed by atoms with Crippen LogP contribution in [0.4, 0.5) is 5.69 Å². The minimum Gasteiger partial charge on any atom is -0.383 e. The van der Waals surface area contributed by atoms with Crippen LogP contribution in [-0.4, -0.2) is 26.5 Å². The molecule has 5 nitrogen and oxygen atoms in total. The zero-order chi connectivity index (χ0) is 15.3. The van der Waals surface area contributed by atoms with Gasteiger partial charge in [-0.1, -0.05) is 20.3 Å². The summed E-state index contributed by atoms with van der Waals surface area (Å²) in [7, 11) is -3.56. The Hall–Kier alpha value is -1.14. The van der Waals surface area contributed by atoms with E-state index < -0.39 is 10.0 Å². The number of hydrogen-bond acceptors (Lipinski definition) is 4. The first-order valence-corrected chi connectivity index (χ1v) is 9.20. The quantitative estimate of drug-likeness (QED) is 0.735. The van der Waals surface area contributed by atoms with Gasteiger partial charge in [0, 0.05) is 19.3 Å². The molecule has 0 bridgehead atoms. The first-order valence-electron chi connectivity index (χ1n) is 7.71. The molecule has 0 aliphatic heterocycles. The highest BCUT2D eigenvalue weighted by Crippen LogP contribution is 2.49. The molecule has 1 aromatic rings. The summed E-state index contributed by atoms with van der Waals surface area (Å²) >= 11 is 0. The Balaban J connectivity index is 2.09. The zero-order valence-electron chi connectivity index (χ0n) is 12.9. The van der Waals surface area contributed by atoms with Crippen molar-refractivity contribution in [2.24, 2.45) is 5.41 Å². The summed E-state index contributed by atoms with van der Waals surface area (Å²) in [4.78, 5) is 4.06. The predicted molar refractivity (Wildman–Crippen MR) is 84.8 cm³/mol. The second kappa shape index (κ2) is 6.75. The van der Waals surface area contributed by atoms with Crippen molar-refractivity contribution in [3.63, 3.8) is 0 Å². The number of anilines is 1. The molecule has 0 spiro atoms. The van der Waals surface area contributed by atoms with Crippen LogP contribution in [0.25, 0.3) is 0 Å². The molecule has 6 heteroatoms. The van der Waals surface area contributed by atoms with Crippen LogP contribution in [0.5, 0.6) is 0 Å². The van der Waals surface area contributed by atoms with Gasteiger partial charge in [-0.2, -0.15) is 0 Å². The third-order valence-electron chi connectivity index (χ3n) is 3.97. The molecule has 1 fully saturated rings. The molecule has 1 heterocycles. The lowest BCUT2D eigenvalue weighted by atomic mass is 10.0. The van der Waals surface area contributed by atoms with Crippen LogP contribution in [-0.2, 0) is 10.0 Å². The van der Waals surface area contributed by atoms with Crippen LogP contribution in [0.3, 0.4) is 0 Å². The first kappa shape index (κ1) is 16.2. The lowest BCUT2D eigenvalue weighted by Crippen LogP contribution is -2.31. The average Bonchev–Trinajstić information content (AvgIpc) is 3.24. The monoisotopic (exact) mass is 311 g/mol. The molecule has 0 unspecified atom stereocenters. The molecule has 0 radical (unpaired) electrons. The van der Waals surface area contributed by atoms with E-state index in [-0.39, 0.29) is 10.4 Å². The minimum atomic E-state index is -3.56. The van der Waals surface area contributed by atoms with E-state index in [1.165, 1.54) is 6.20 Å². The van der Waals surface area contributed by atoms with Crippen molar-refractivity contribution in [1.82, 2.24) is 9.71 Å². The summed E-state index contributed by atoms with van der Waals surface area (Å²) < 4.78 is 27.7. The Labute approximate surface area is 127 Å². The molecule has 0 aromatic carbocycles. The van der Waals surface area contributed by atoms with Gasteiger partial charge >= 0.3 is 0 Å². The fourth-order valence-electron chi connectivity index (χ4n) is 2.54. The normalized spacial score (nSPS) is 16.7. The van der Waals surface area contributed by atoms with Crippen LogP contribution >= 0.6 is 0 Å². The lowest BCUT2D eigenvalue weighted by Gasteiger charge is -2.16. The molecule has 21 heavy (non-hydrogen) atoms. The van der Waals surface area contributed by atoms with Gasteiger partial charge in [0.25, 0.3) is 10.0 Å². The number of nitrogens with zero attached hydrogens (tertiary/aromatic N) is 1. The van der Waals surface area contributed by atoms with Crippen LogP contribution < -0.4 is 10.0 Å². The topological polar surface area (TPSA) is 71.1 Å². The Kier molecular flexibility index (Phi) is 5.22. The molecule has 1 aliphatic rings. The largest absolute Gasteiger partial charge is 0.383 e. The summed E-state index contributed by atoms with van der Waals surface area (Å²) in [5.74, 6) is 0. The maximum atomic E-state index is 12.5. The molecule has 1 saturated carbocycles. The minimum absolute atomic E-state index is 0.103. The second-order valence-electron chi connectivity index (χ2n) is 5.86. The molecule has 0 saturated heterocycles. The number of aromatic nitrogens is 1. The maximum absolute atomic E-state index is 12.5. The van der Waals surface area contributed by atoms with Crippen molar-refractivity contribution in [3.8, 4) is 0 Å². The number of nitrogens with one attached hydrogen (secondary N) is 2. The highest BCUT2D eigenvalue weighted by molar-refractivity contribution is 7.89. The van der Waals surface area contributed by atoms with Gasteiger partial charge in [-0.3, -0.25) is 0 Å². The maximum Gasteiger partial charge on any atom is 0.260 e. The lowest BCUT2D eigenvalue weighted by molar-refractivity contribution is 0.449. The third-order valence-corrected chi connectivity index (χ3v) is 5.32. The zero-order valence-corrected chi connectivity index (χ0v) is 13.7. The fourth-order valence-corrected chi connectivity index (χ4v) is 3.80. The van der Waals surface area contributed by atoms with E-state index in [0.717, 1.165) is 38.6 Å². The first-order chi connectivity index (χ1) is 10.0. The van der Waals surface area contributed by atoms with E-state index in [0.29, 0.717) is 12.2 Å². The molecule has 1 aromatic heterocycles. The van der Waals surface area contributed by atoms with Crippen LogP contribution in [0.2, 0.25) is 0 Å². The van der Waals surface area contributed by atoms with Crippen LogP contribution in [0.15, 0.2) is 23.4 Å². The van der Waals surface area contributed by atoms with E-state index in [4.69, 9.17) is 0 Å². The van der Waals surface area contributed by atoms with Gasteiger partial charge in [-0.05, 0) is 43.2 Å². The van der Waals surface area contributed by atoms with E-state index in [9.17, 15) is 8.42 Å². The van der Waals surface area contributed by atoms with Gasteiger partial charge < -0.3 is 5.32 Å². The molecule has 2 N–H and O–H groups in total. The summed E-state index contributed by atoms with van der Waals surface area (Å²) in [5, 5.41) is 3.23. The van der Waals surface area contributed by atoms with E-state index >= 15 is 0 Å². The number of sulfonamides is 1. The van der Waals surface area contributed by atoms with Crippen molar-refractivity contribution in [3.05, 3.63) is 18.3 Å². The van der Waals surface area contributed by atoms with Crippen molar-refractivity contribution < 1.29 is 8.42 Å². The van der Waals surface area contributed by atoms with Crippen LogP contribution in [0.1, 0.15) is 46.0 Å². The fraction of sp³-hybridized carbons (Fsp3) is 0.667. The Morgan fingerprint density at radius 1 is 1.29 bits per heavy atom. The number of rotatable bonds is 9. The molecule has 2 rings (SSSR count). The number of hydrogen-bond donors (Lipinski definition) is 2. The van der Waals surface area contributed by atoms with Gasteiger partial charge in [-0.25, -0.2) is 18.1 Å². The highest BCUT2D eigenvalue weighted by atomic mass is 32.2. The van der Waals surface area contributed by atoms with Crippen LogP contribution in [0, 0.1) is 5.41 Å². The van der Waals surface area contributed by atoms with Gasteiger partial charge in [0.1, 0.15) is 0 Å². The molecular formula is C15H25N3O2S. The van der Waals surface area contributed by atoms with Crippen molar-refractivity contribution in [2.75, 3.05) is 18.4 Å². The predicted octanol–water partition coefficient (Wildman–Crippen LogP) is 2.76. The standard InChI is InChI=1S/C15H25N3O2S/c1-3-7-15(8-9-15)12-18-21(19,20)14-13(16-10-4-2)6-5-11-17-14/h5-6,11,16,18H,3-4,7-10,12H2,1-2H3. The molecule has 1 aliphatic carbocycles. The summed E-state index contributed by atoms with van der Waals surface area (Å²) in [6.45, 7) is 5.43. The van der Waals surface area contributed by atoms with E-state index in [1.807, 2.05) is 6.92 Å². The van der Waals surface area contributed by atoms with Gasteiger partial charge in [0.2, 0.25) is 0 Å². The van der Waals surface area contributed by atoms with Crippen molar-refractivity contribution in [1.29, 1.82) is 0 Å². The van der Waals surface area contributed by atoms with E-state index in [1.54, 1.807) is 12.1 Å². The smallest absolute Gasteiger partial charge is 0.260 e. The van der Waals surface area contributed by atoms with Gasteiger partial charge in [0.15, 0.2) is 5.03 Å². The Bertz CT molecular complexity index is 568. The summed E-state index contributed by atoms with van der Waals surface area (Å²) in [6, 6.07) is 3.51. The highest BCUT2D eigenvalue weighted by Gasteiger charge is 2.42. The second-order valence-corrected chi connectivity index (χ2v) is 7.54. The average molecular weight is 311 g/mol. The molecule has 0 amide bonds. The van der Waals surface area contributed by atoms with Gasteiger partial charge in [0.05, 0.1) is 5.69 Å². The molecular weight excluding hydrogens is 286 g/mol. The number of pyridine rings is 1. The SMILES string of the molecule is CCCNc1cccnc1S(=O)(=O)NCC1(CCC)CC1. The third kappa shape index (κ3) is 4.17. The van der Waals surface area contributed by atoms with Crippen molar-refractivity contribution >= 4 is 15.7 Å². The molecule has 118 valence electrons. The summed E-state index contributed by atoms with van der Waals surface area (Å²) in [6.07, 6.45) is 6.86. The van der Waals surface area contributed by atoms with Gasteiger partial charge in [-0.15, -0.1) is 0 Å². The summed E-state index contributed by atoms with van der Waals surface area (Å²) in [5.41, 5.74) is 0.764. The van der Waals surface area contributed by atoms with E-state index in [2.05, 4.69) is 21.9 Å². The van der Waals surface area contributed by atoms with Crippen molar-refractivity contribution in [2.45, 2.75) is 51.0 Å². The molecule has 0 atom stereocenters. The Morgan fingerprint density at radius 2 is 2.05 bits per heavy atom.